The molecule has 1 aromatic carbocycles. The minimum absolute atomic E-state index is 0.289. The minimum atomic E-state index is -1.11. The zero-order valence-electron chi connectivity index (χ0n) is 9.57. The molecule has 1 atom stereocenters. The van der Waals surface area contributed by atoms with Crippen LogP contribution in [0.4, 0.5) is 5.69 Å². The monoisotopic (exact) mass is 279 g/mol. The Morgan fingerprint density at radius 2 is 2.21 bits per heavy atom. The third-order valence-electron chi connectivity index (χ3n) is 3.00. The fourth-order valence-corrected chi connectivity index (χ4v) is 2.30. The zero-order valence-corrected chi connectivity index (χ0v) is 10.3. The van der Waals surface area contributed by atoms with E-state index in [1.165, 1.54) is 6.20 Å². The van der Waals surface area contributed by atoms with Crippen LogP contribution in [0.5, 0.6) is 0 Å². The summed E-state index contributed by atoms with van der Waals surface area (Å²) in [5.41, 5.74) is 9.31. The molecule has 1 amide bonds. The van der Waals surface area contributed by atoms with E-state index in [1.807, 2.05) is 0 Å². The maximum Gasteiger partial charge on any atom is 0.270 e. The van der Waals surface area contributed by atoms with Crippen molar-refractivity contribution in [3.63, 3.8) is 0 Å². The summed E-state index contributed by atoms with van der Waals surface area (Å²) in [5, 5.41) is 10.8. The largest absolute Gasteiger partial charge is 0.373 e. The number of aromatic nitrogens is 1. The van der Waals surface area contributed by atoms with Crippen molar-refractivity contribution < 1.29 is 9.90 Å². The smallest absolute Gasteiger partial charge is 0.270 e. The average Bonchev–Trinajstić information content (AvgIpc) is 2.43. The molecule has 0 aliphatic carbocycles. The summed E-state index contributed by atoms with van der Waals surface area (Å²) >= 11 is 6.07. The van der Waals surface area contributed by atoms with E-state index in [4.69, 9.17) is 17.4 Å². The number of nitrogens with one attached hydrogen (secondary N) is 3. The standard InChI is InChI=1S/C11H10ClN5O2/c12-6-2-1-4-7-8(16-17-11(4)19)5(10(18)15-13)3-14-9(6)7/h1-3,10,15-16,18H,13H2,(H,17,19). The fraction of sp³-hybridized carbons (Fsp3) is 0.0909. The summed E-state index contributed by atoms with van der Waals surface area (Å²) in [7, 11) is 0. The summed E-state index contributed by atoms with van der Waals surface area (Å²) in [6.07, 6.45) is 0.337. The van der Waals surface area contributed by atoms with Gasteiger partial charge in [-0.05, 0) is 12.1 Å². The topological polar surface area (TPSA) is 112 Å². The van der Waals surface area contributed by atoms with Crippen LogP contribution in [0.3, 0.4) is 0 Å². The van der Waals surface area contributed by atoms with Crippen LogP contribution in [-0.2, 0) is 0 Å². The Morgan fingerprint density at radius 1 is 1.42 bits per heavy atom. The molecule has 8 heteroatoms. The molecule has 0 spiro atoms. The lowest BCUT2D eigenvalue weighted by molar-refractivity contribution is 0.0961. The van der Waals surface area contributed by atoms with Crippen molar-refractivity contribution in [1.82, 2.24) is 15.8 Å². The van der Waals surface area contributed by atoms with Gasteiger partial charge in [0.2, 0.25) is 0 Å². The minimum Gasteiger partial charge on any atom is -0.373 e. The number of halogens is 1. The van der Waals surface area contributed by atoms with Gasteiger partial charge < -0.3 is 5.11 Å². The van der Waals surface area contributed by atoms with Gasteiger partial charge >= 0.3 is 0 Å². The van der Waals surface area contributed by atoms with Gasteiger partial charge in [0.1, 0.15) is 6.23 Å². The van der Waals surface area contributed by atoms with E-state index in [9.17, 15) is 9.90 Å². The number of nitrogens with zero attached hydrogens (tertiary/aromatic N) is 1. The Kier molecular flexibility index (Phi) is 2.76. The summed E-state index contributed by atoms with van der Waals surface area (Å²) in [5.74, 6) is 4.93. The van der Waals surface area contributed by atoms with Crippen molar-refractivity contribution in [2.75, 3.05) is 5.43 Å². The first-order valence-electron chi connectivity index (χ1n) is 5.45. The number of hydrogen-bond donors (Lipinski definition) is 5. The van der Waals surface area contributed by atoms with E-state index in [-0.39, 0.29) is 5.91 Å². The lowest BCUT2D eigenvalue weighted by Gasteiger charge is -2.23. The highest BCUT2D eigenvalue weighted by molar-refractivity contribution is 6.36. The second kappa shape index (κ2) is 4.32. The van der Waals surface area contributed by atoms with Crippen LogP contribution in [0.1, 0.15) is 22.1 Å². The van der Waals surface area contributed by atoms with Crippen molar-refractivity contribution in [2.24, 2.45) is 5.84 Å². The van der Waals surface area contributed by atoms with Gasteiger partial charge in [0.25, 0.3) is 5.91 Å². The molecule has 7 nitrogen and oxygen atoms in total. The van der Waals surface area contributed by atoms with Crippen LogP contribution in [0.15, 0.2) is 18.3 Å². The molecule has 19 heavy (non-hydrogen) atoms. The molecule has 3 rings (SSSR count). The first-order chi connectivity index (χ1) is 9.13. The molecule has 6 N–H and O–H groups in total. The lowest BCUT2D eigenvalue weighted by atomic mass is 10.0. The number of hydrazine groups is 2. The number of anilines is 1. The first kappa shape index (κ1) is 12.1. The summed E-state index contributed by atoms with van der Waals surface area (Å²) in [6, 6.07) is 3.22. The van der Waals surface area contributed by atoms with Crippen molar-refractivity contribution in [3.8, 4) is 0 Å². The zero-order chi connectivity index (χ0) is 13.6. The Morgan fingerprint density at radius 3 is 2.95 bits per heavy atom. The number of carbonyl (C=O) groups is 1. The van der Waals surface area contributed by atoms with Crippen LogP contribution < -0.4 is 22.1 Å². The normalized spacial score (nSPS) is 15.0. The predicted molar refractivity (Wildman–Crippen MR) is 70.1 cm³/mol. The predicted octanol–water partition coefficient (Wildman–Crippen LogP) is 0.413. The van der Waals surface area contributed by atoms with Crippen molar-refractivity contribution in [1.29, 1.82) is 0 Å². The van der Waals surface area contributed by atoms with Crippen LogP contribution in [0.25, 0.3) is 10.9 Å². The van der Waals surface area contributed by atoms with Crippen molar-refractivity contribution in [3.05, 3.63) is 34.5 Å². The molecular formula is C11H10ClN5O2. The summed E-state index contributed by atoms with van der Waals surface area (Å²) < 4.78 is 0. The molecule has 1 unspecified atom stereocenters. The van der Waals surface area contributed by atoms with Gasteiger partial charge in [-0.1, -0.05) is 11.6 Å². The molecule has 1 aliphatic heterocycles. The molecule has 0 saturated carbocycles. The number of benzene rings is 1. The Hall–Kier alpha value is -1.93. The first-order valence-corrected chi connectivity index (χ1v) is 5.83. The Balaban J connectivity index is 2.40. The molecule has 0 radical (unpaired) electrons. The van der Waals surface area contributed by atoms with Gasteiger partial charge in [0.05, 0.1) is 21.8 Å². The number of pyridine rings is 1. The van der Waals surface area contributed by atoms with Gasteiger partial charge in [-0.2, -0.15) is 0 Å². The van der Waals surface area contributed by atoms with Crippen LogP contribution in [0, 0.1) is 0 Å². The quantitative estimate of drug-likeness (QED) is 0.309. The van der Waals surface area contributed by atoms with E-state index >= 15 is 0 Å². The molecule has 0 fully saturated rings. The van der Waals surface area contributed by atoms with Gasteiger partial charge in [-0.15, -0.1) is 0 Å². The number of aliphatic hydroxyl groups is 1. The lowest BCUT2D eigenvalue weighted by Crippen LogP contribution is -2.35. The van der Waals surface area contributed by atoms with Crippen LogP contribution >= 0.6 is 11.6 Å². The van der Waals surface area contributed by atoms with E-state index in [0.717, 1.165) is 0 Å². The molecule has 0 bridgehead atoms. The number of amides is 1. The number of rotatable bonds is 2. The van der Waals surface area contributed by atoms with E-state index in [0.29, 0.717) is 32.7 Å². The fourth-order valence-electron chi connectivity index (χ4n) is 2.10. The van der Waals surface area contributed by atoms with Crippen LogP contribution in [0.2, 0.25) is 5.02 Å². The number of nitrogens with two attached hydrogens (primary N) is 1. The van der Waals surface area contributed by atoms with Gasteiger partial charge in [0, 0.05) is 17.1 Å². The average molecular weight is 280 g/mol. The van der Waals surface area contributed by atoms with Gasteiger partial charge in [-0.3, -0.25) is 26.5 Å². The third kappa shape index (κ3) is 1.71. The Bertz CT molecular complexity index is 690. The number of hydrogen-bond acceptors (Lipinski definition) is 6. The molecule has 0 saturated heterocycles. The second-order valence-electron chi connectivity index (χ2n) is 4.06. The van der Waals surface area contributed by atoms with E-state index in [1.54, 1.807) is 12.1 Å². The molecule has 1 aliphatic rings. The van der Waals surface area contributed by atoms with E-state index < -0.39 is 6.23 Å². The summed E-state index contributed by atoms with van der Waals surface area (Å²) in [6.45, 7) is 0. The molecule has 98 valence electrons. The molecule has 2 heterocycles. The highest BCUT2D eigenvalue weighted by atomic mass is 35.5. The summed E-state index contributed by atoms with van der Waals surface area (Å²) in [4.78, 5) is 16.0. The van der Waals surface area contributed by atoms with Crippen molar-refractivity contribution >= 4 is 34.1 Å². The molecule has 1 aromatic heterocycles. The SMILES string of the molecule is NNC(O)c1cnc2c(Cl)ccc3c2c1NNC3=O. The van der Waals surface area contributed by atoms with Crippen molar-refractivity contribution in [2.45, 2.75) is 6.23 Å². The molecule has 2 aromatic rings. The highest BCUT2D eigenvalue weighted by Gasteiger charge is 2.25. The Labute approximate surface area is 112 Å². The third-order valence-corrected chi connectivity index (χ3v) is 3.30. The second-order valence-corrected chi connectivity index (χ2v) is 4.46. The van der Waals surface area contributed by atoms with Gasteiger partial charge in [0.15, 0.2) is 0 Å². The number of carbonyl (C=O) groups excluding carboxylic acids is 1. The van der Waals surface area contributed by atoms with Gasteiger partial charge in [-0.25, -0.2) is 5.43 Å². The number of aliphatic hydroxyl groups excluding tert-OH is 1. The highest BCUT2D eigenvalue weighted by Crippen LogP contribution is 2.36. The molecular weight excluding hydrogens is 270 g/mol. The van der Waals surface area contributed by atoms with Crippen LogP contribution in [-0.4, -0.2) is 16.0 Å². The van der Waals surface area contributed by atoms with E-state index in [2.05, 4.69) is 21.3 Å². The maximum absolute atomic E-state index is 11.8. The maximum atomic E-state index is 11.8.